The van der Waals surface area contributed by atoms with Crippen LogP contribution in [0.1, 0.15) is 13.3 Å². The minimum atomic E-state index is 0.136. The number of methoxy groups -OCH3 is 1. The van der Waals surface area contributed by atoms with E-state index in [1.807, 2.05) is 6.92 Å². The summed E-state index contributed by atoms with van der Waals surface area (Å²) in [4.78, 5) is 11.5. The van der Waals surface area contributed by atoms with Crippen molar-refractivity contribution in [2.24, 2.45) is 5.92 Å². The van der Waals surface area contributed by atoms with E-state index in [0.717, 1.165) is 13.0 Å². The van der Waals surface area contributed by atoms with Crippen molar-refractivity contribution in [1.29, 1.82) is 0 Å². The molecule has 1 aliphatic heterocycles. The Kier molecular flexibility index (Phi) is 4.18. The van der Waals surface area contributed by atoms with Crippen LogP contribution in [-0.2, 0) is 9.53 Å². The van der Waals surface area contributed by atoms with Crippen molar-refractivity contribution >= 4 is 5.91 Å². The van der Waals surface area contributed by atoms with E-state index < -0.39 is 0 Å². The number of carbonyl (C=O) groups is 1. The number of carbonyl (C=O) groups excluding carboxylic acids is 1. The quantitative estimate of drug-likeness (QED) is 0.595. The third-order valence-corrected chi connectivity index (χ3v) is 2.47. The van der Waals surface area contributed by atoms with Gasteiger partial charge in [-0.2, -0.15) is 0 Å². The molecule has 4 heteroatoms. The van der Waals surface area contributed by atoms with Crippen LogP contribution in [0.25, 0.3) is 0 Å². The van der Waals surface area contributed by atoms with E-state index in [1.165, 1.54) is 0 Å². The zero-order valence-corrected chi connectivity index (χ0v) is 8.30. The summed E-state index contributed by atoms with van der Waals surface area (Å²) in [7, 11) is 1.63. The molecule has 1 saturated heterocycles. The number of nitrogens with one attached hydrogen (secondary N) is 2. The van der Waals surface area contributed by atoms with Gasteiger partial charge in [0.05, 0.1) is 12.5 Å². The fraction of sp³-hybridized carbons (Fsp3) is 0.889. The molecule has 2 unspecified atom stereocenters. The molecule has 1 aliphatic rings. The van der Waals surface area contributed by atoms with Crippen molar-refractivity contribution in [3.63, 3.8) is 0 Å². The van der Waals surface area contributed by atoms with E-state index in [0.29, 0.717) is 19.2 Å². The molecule has 1 amide bonds. The van der Waals surface area contributed by atoms with Crippen molar-refractivity contribution in [2.45, 2.75) is 19.4 Å². The molecule has 0 saturated carbocycles. The molecule has 0 aromatic rings. The predicted molar refractivity (Wildman–Crippen MR) is 50.5 cm³/mol. The van der Waals surface area contributed by atoms with E-state index in [9.17, 15) is 4.79 Å². The van der Waals surface area contributed by atoms with Crippen LogP contribution in [-0.4, -0.2) is 38.8 Å². The summed E-state index contributed by atoms with van der Waals surface area (Å²) in [5.74, 6) is 0.284. The van der Waals surface area contributed by atoms with Gasteiger partial charge in [-0.15, -0.1) is 0 Å². The highest BCUT2D eigenvalue weighted by molar-refractivity contribution is 5.79. The third kappa shape index (κ3) is 2.97. The lowest BCUT2D eigenvalue weighted by molar-refractivity contribution is -0.125. The monoisotopic (exact) mass is 186 g/mol. The smallest absolute Gasteiger partial charge is 0.224 e. The lowest BCUT2D eigenvalue weighted by Gasteiger charge is -2.14. The van der Waals surface area contributed by atoms with Gasteiger partial charge in [-0.05, 0) is 19.9 Å². The summed E-state index contributed by atoms with van der Waals surface area (Å²) in [6.45, 7) is 4.19. The molecule has 13 heavy (non-hydrogen) atoms. The first-order chi connectivity index (χ1) is 6.25. The van der Waals surface area contributed by atoms with Gasteiger partial charge in [-0.1, -0.05) is 0 Å². The largest absolute Gasteiger partial charge is 0.383 e. The van der Waals surface area contributed by atoms with Gasteiger partial charge in [0.2, 0.25) is 5.91 Å². The Hall–Kier alpha value is -0.610. The summed E-state index contributed by atoms with van der Waals surface area (Å²) in [6.07, 6.45) is 0.944. The highest BCUT2D eigenvalue weighted by Crippen LogP contribution is 2.14. The molecule has 1 heterocycles. The van der Waals surface area contributed by atoms with E-state index in [4.69, 9.17) is 4.74 Å². The molecule has 4 nitrogen and oxygen atoms in total. The molecule has 76 valence electrons. The SMILES string of the molecule is COCCNC(=O)C1CCNC1C. The second-order valence-corrected chi connectivity index (χ2v) is 3.42. The zero-order valence-electron chi connectivity index (χ0n) is 8.30. The van der Waals surface area contributed by atoms with Gasteiger partial charge in [0.15, 0.2) is 0 Å². The van der Waals surface area contributed by atoms with Crippen LogP contribution in [0.15, 0.2) is 0 Å². The van der Waals surface area contributed by atoms with E-state index in [2.05, 4.69) is 10.6 Å². The Morgan fingerprint density at radius 2 is 2.46 bits per heavy atom. The number of rotatable bonds is 4. The summed E-state index contributed by atoms with van der Waals surface area (Å²) >= 11 is 0. The normalized spacial score (nSPS) is 27.5. The van der Waals surface area contributed by atoms with Crippen LogP contribution >= 0.6 is 0 Å². The Labute approximate surface area is 79.0 Å². The van der Waals surface area contributed by atoms with Crippen LogP contribution in [0.2, 0.25) is 0 Å². The Balaban J connectivity index is 2.22. The predicted octanol–water partition coefficient (Wildman–Crippen LogP) is -0.253. The van der Waals surface area contributed by atoms with E-state index >= 15 is 0 Å². The van der Waals surface area contributed by atoms with Gasteiger partial charge in [0.25, 0.3) is 0 Å². The molecule has 0 aromatic carbocycles. The number of hydrogen-bond donors (Lipinski definition) is 2. The third-order valence-electron chi connectivity index (χ3n) is 2.47. The molecule has 0 aliphatic carbocycles. The maximum Gasteiger partial charge on any atom is 0.224 e. The Morgan fingerprint density at radius 1 is 1.69 bits per heavy atom. The number of hydrogen-bond acceptors (Lipinski definition) is 3. The van der Waals surface area contributed by atoms with Gasteiger partial charge in [-0.25, -0.2) is 0 Å². The first-order valence-electron chi connectivity index (χ1n) is 4.75. The average Bonchev–Trinajstić information content (AvgIpc) is 2.52. The summed E-state index contributed by atoms with van der Waals surface area (Å²) in [6, 6.07) is 0.308. The highest BCUT2D eigenvalue weighted by atomic mass is 16.5. The molecule has 2 atom stereocenters. The molecular formula is C9H18N2O2. The van der Waals surface area contributed by atoms with E-state index in [1.54, 1.807) is 7.11 Å². The maximum atomic E-state index is 11.5. The number of ether oxygens (including phenoxy) is 1. The lowest BCUT2D eigenvalue weighted by Crippen LogP contribution is -2.38. The van der Waals surface area contributed by atoms with Crippen LogP contribution < -0.4 is 10.6 Å². The van der Waals surface area contributed by atoms with Crippen LogP contribution in [0.4, 0.5) is 0 Å². The van der Waals surface area contributed by atoms with Crippen LogP contribution in [0.3, 0.4) is 0 Å². The molecule has 1 fully saturated rings. The standard InChI is InChI=1S/C9H18N2O2/c1-7-8(3-4-10-7)9(12)11-5-6-13-2/h7-8,10H,3-6H2,1-2H3,(H,11,12). The molecule has 0 radical (unpaired) electrons. The highest BCUT2D eigenvalue weighted by Gasteiger charge is 2.28. The summed E-state index contributed by atoms with van der Waals surface area (Å²) in [5, 5.41) is 6.10. The van der Waals surface area contributed by atoms with Gasteiger partial charge >= 0.3 is 0 Å². The summed E-state index contributed by atoms with van der Waals surface area (Å²) < 4.78 is 4.85. The fourth-order valence-electron chi connectivity index (χ4n) is 1.62. The first kappa shape index (κ1) is 10.5. The van der Waals surface area contributed by atoms with Crippen molar-refractivity contribution in [3.8, 4) is 0 Å². The maximum absolute atomic E-state index is 11.5. The molecular weight excluding hydrogens is 168 g/mol. The summed E-state index contributed by atoms with van der Waals surface area (Å²) in [5.41, 5.74) is 0. The lowest BCUT2D eigenvalue weighted by atomic mass is 10.0. The van der Waals surface area contributed by atoms with E-state index in [-0.39, 0.29) is 11.8 Å². The average molecular weight is 186 g/mol. The topological polar surface area (TPSA) is 50.4 Å². The second-order valence-electron chi connectivity index (χ2n) is 3.42. The Bertz CT molecular complexity index is 173. The van der Waals surface area contributed by atoms with Crippen LogP contribution in [0.5, 0.6) is 0 Å². The minimum absolute atomic E-state index is 0.136. The van der Waals surface area contributed by atoms with Crippen molar-refractivity contribution in [2.75, 3.05) is 26.8 Å². The second kappa shape index (κ2) is 5.19. The van der Waals surface area contributed by atoms with Gasteiger partial charge in [0.1, 0.15) is 0 Å². The van der Waals surface area contributed by atoms with Crippen molar-refractivity contribution in [1.82, 2.24) is 10.6 Å². The molecule has 1 rings (SSSR count). The fourth-order valence-corrected chi connectivity index (χ4v) is 1.62. The first-order valence-corrected chi connectivity index (χ1v) is 4.75. The minimum Gasteiger partial charge on any atom is -0.383 e. The molecule has 0 aromatic heterocycles. The molecule has 0 bridgehead atoms. The van der Waals surface area contributed by atoms with Gasteiger partial charge in [0, 0.05) is 19.7 Å². The van der Waals surface area contributed by atoms with Crippen molar-refractivity contribution < 1.29 is 9.53 Å². The Morgan fingerprint density at radius 3 is 3.00 bits per heavy atom. The van der Waals surface area contributed by atoms with Crippen LogP contribution in [0, 0.1) is 5.92 Å². The van der Waals surface area contributed by atoms with Gasteiger partial charge < -0.3 is 15.4 Å². The molecule has 2 N–H and O–H groups in total. The molecule has 0 spiro atoms. The number of amides is 1. The zero-order chi connectivity index (χ0) is 9.68. The van der Waals surface area contributed by atoms with Gasteiger partial charge in [-0.3, -0.25) is 4.79 Å². The van der Waals surface area contributed by atoms with Crippen molar-refractivity contribution in [3.05, 3.63) is 0 Å².